The van der Waals surface area contributed by atoms with Crippen molar-refractivity contribution >= 4 is 10.0 Å². The molecule has 0 N–H and O–H groups in total. The largest absolute Gasteiger partial charge is 0.299 e. The quantitative estimate of drug-likeness (QED) is 0.732. The van der Waals surface area contributed by atoms with Gasteiger partial charge in [-0.1, -0.05) is 24.3 Å². The van der Waals surface area contributed by atoms with Gasteiger partial charge in [-0.15, -0.1) is 0 Å². The minimum Gasteiger partial charge on any atom is -0.299 e. The van der Waals surface area contributed by atoms with Crippen molar-refractivity contribution in [3.05, 3.63) is 35.4 Å². The average molecular weight is 404 g/mol. The predicted molar refractivity (Wildman–Crippen MR) is 112 cm³/mol. The van der Waals surface area contributed by atoms with Gasteiger partial charge in [0.15, 0.2) is 0 Å². The SMILES string of the molecule is CS(=O)(=O)N1C[C@@H]2C[C@H]1CN2C[C@H]1C[C@H](c2ccc(CN3CCCC3)cc2)C1. The lowest BCUT2D eigenvalue weighted by atomic mass is 9.71. The number of rotatable bonds is 6. The third-order valence-corrected chi connectivity index (χ3v) is 8.81. The first-order chi connectivity index (χ1) is 13.5. The molecule has 154 valence electrons. The molecule has 6 heteroatoms. The molecule has 5 rings (SSSR count). The van der Waals surface area contributed by atoms with Gasteiger partial charge in [0.2, 0.25) is 10.0 Å². The Bertz CT molecular complexity index is 798. The average Bonchev–Trinajstić information content (AvgIpc) is 3.35. The van der Waals surface area contributed by atoms with Crippen LogP contribution in [0.15, 0.2) is 24.3 Å². The Balaban J connectivity index is 1.09. The predicted octanol–water partition coefficient (Wildman–Crippen LogP) is 2.49. The molecule has 1 saturated carbocycles. The van der Waals surface area contributed by atoms with E-state index in [4.69, 9.17) is 0 Å². The van der Waals surface area contributed by atoms with Crippen molar-refractivity contribution in [3.8, 4) is 0 Å². The van der Waals surface area contributed by atoms with Gasteiger partial charge in [0.25, 0.3) is 0 Å². The van der Waals surface area contributed by atoms with Crippen molar-refractivity contribution in [3.63, 3.8) is 0 Å². The summed E-state index contributed by atoms with van der Waals surface area (Å²) in [7, 11) is -3.03. The maximum atomic E-state index is 11.8. The van der Waals surface area contributed by atoms with Crippen LogP contribution in [-0.2, 0) is 16.6 Å². The van der Waals surface area contributed by atoms with Crippen LogP contribution in [0.1, 0.15) is 49.1 Å². The molecule has 2 bridgehead atoms. The summed E-state index contributed by atoms with van der Waals surface area (Å²) >= 11 is 0. The van der Waals surface area contributed by atoms with Crippen LogP contribution in [0, 0.1) is 5.92 Å². The van der Waals surface area contributed by atoms with Gasteiger partial charge in [0.1, 0.15) is 0 Å². The molecule has 0 spiro atoms. The number of hydrogen-bond acceptors (Lipinski definition) is 4. The van der Waals surface area contributed by atoms with Crippen LogP contribution in [0.2, 0.25) is 0 Å². The lowest BCUT2D eigenvalue weighted by Crippen LogP contribution is -2.50. The minimum absolute atomic E-state index is 0.221. The summed E-state index contributed by atoms with van der Waals surface area (Å²) in [4.78, 5) is 5.12. The molecular weight excluding hydrogens is 370 g/mol. The maximum absolute atomic E-state index is 11.8. The third kappa shape index (κ3) is 3.76. The normalized spacial score (nSPS) is 34.2. The van der Waals surface area contributed by atoms with Crippen molar-refractivity contribution in [1.82, 2.24) is 14.1 Å². The summed E-state index contributed by atoms with van der Waals surface area (Å²) in [6.45, 7) is 6.42. The van der Waals surface area contributed by atoms with E-state index in [1.807, 2.05) is 0 Å². The Morgan fingerprint density at radius 2 is 1.68 bits per heavy atom. The molecular formula is C22H33N3O2S. The third-order valence-electron chi connectivity index (χ3n) is 7.51. The molecule has 0 aromatic heterocycles. The Morgan fingerprint density at radius 3 is 2.29 bits per heavy atom. The van der Waals surface area contributed by atoms with Gasteiger partial charge >= 0.3 is 0 Å². The number of fused-ring (bicyclic) bond motifs is 2. The van der Waals surface area contributed by atoms with Crippen LogP contribution in [0.5, 0.6) is 0 Å². The summed E-state index contributed by atoms with van der Waals surface area (Å²) < 4.78 is 25.4. The van der Waals surface area contributed by atoms with E-state index in [-0.39, 0.29) is 6.04 Å². The molecule has 0 radical (unpaired) electrons. The number of hydrogen-bond donors (Lipinski definition) is 0. The van der Waals surface area contributed by atoms with E-state index in [1.54, 1.807) is 4.31 Å². The molecule has 4 aliphatic rings. The molecule has 28 heavy (non-hydrogen) atoms. The first kappa shape index (κ1) is 19.0. The second kappa shape index (κ2) is 7.38. The van der Waals surface area contributed by atoms with Crippen molar-refractivity contribution in [2.75, 3.05) is 39.0 Å². The van der Waals surface area contributed by atoms with Gasteiger partial charge in [-0.3, -0.25) is 9.80 Å². The van der Waals surface area contributed by atoms with Crippen LogP contribution in [0.4, 0.5) is 0 Å². The van der Waals surface area contributed by atoms with E-state index in [0.29, 0.717) is 12.6 Å². The van der Waals surface area contributed by atoms with E-state index >= 15 is 0 Å². The Labute approximate surface area is 169 Å². The standard InChI is InChI=1S/C22H33N3O2S/c1-28(26,27)25-16-21-12-22(25)15-24(21)14-18-10-20(11-18)19-6-4-17(5-7-19)13-23-8-2-3-9-23/h4-7,18,20-22H,2-3,8-16H2,1H3/t18-,20-,21-,22-/m0/s1. The van der Waals surface area contributed by atoms with E-state index in [1.165, 1.54) is 56.2 Å². The topological polar surface area (TPSA) is 43.9 Å². The summed E-state index contributed by atoms with van der Waals surface area (Å²) in [6.07, 6.45) is 7.66. The van der Waals surface area contributed by atoms with E-state index < -0.39 is 10.0 Å². The molecule has 1 aliphatic carbocycles. The fraction of sp³-hybridized carbons (Fsp3) is 0.727. The zero-order chi connectivity index (χ0) is 19.3. The Hall–Kier alpha value is -0.950. The molecule has 5 nitrogen and oxygen atoms in total. The smallest absolute Gasteiger partial charge is 0.211 e. The zero-order valence-corrected chi connectivity index (χ0v) is 17.8. The first-order valence-corrected chi connectivity index (χ1v) is 12.8. The van der Waals surface area contributed by atoms with Crippen molar-refractivity contribution in [1.29, 1.82) is 0 Å². The van der Waals surface area contributed by atoms with E-state index in [0.717, 1.165) is 37.9 Å². The second-order valence-corrected chi connectivity index (χ2v) is 11.5. The minimum atomic E-state index is -3.03. The van der Waals surface area contributed by atoms with Gasteiger partial charge < -0.3 is 0 Å². The molecule has 0 unspecified atom stereocenters. The molecule has 1 aromatic rings. The van der Waals surface area contributed by atoms with Gasteiger partial charge in [0.05, 0.1) is 6.26 Å². The molecule has 1 aromatic carbocycles. The number of sulfonamides is 1. The van der Waals surface area contributed by atoms with Gasteiger partial charge in [0, 0.05) is 38.3 Å². The summed E-state index contributed by atoms with van der Waals surface area (Å²) in [6, 6.07) is 10.0. The lowest BCUT2D eigenvalue weighted by Gasteiger charge is -2.41. The maximum Gasteiger partial charge on any atom is 0.211 e. The van der Waals surface area contributed by atoms with E-state index in [2.05, 4.69) is 34.1 Å². The number of likely N-dealkylation sites (tertiary alicyclic amines) is 2. The lowest BCUT2D eigenvalue weighted by molar-refractivity contribution is 0.118. The Kier molecular flexibility index (Phi) is 5.02. The van der Waals surface area contributed by atoms with Crippen LogP contribution >= 0.6 is 0 Å². The molecule has 3 saturated heterocycles. The highest BCUT2D eigenvalue weighted by Gasteiger charge is 2.47. The number of benzene rings is 1. The molecule has 3 aliphatic heterocycles. The molecule has 0 amide bonds. The zero-order valence-electron chi connectivity index (χ0n) is 17.0. The highest BCUT2D eigenvalue weighted by molar-refractivity contribution is 7.88. The summed E-state index contributed by atoms with van der Waals surface area (Å²) in [5, 5.41) is 0. The second-order valence-electron chi connectivity index (χ2n) is 9.59. The van der Waals surface area contributed by atoms with E-state index in [9.17, 15) is 8.42 Å². The van der Waals surface area contributed by atoms with Gasteiger partial charge in [-0.05, 0) is 68.2 Å². The van der Waals surface area contributed by atoms with Gasteiger partial charge in [-0.2, -0.15) is 4.31 Å². The van der Waals surface area contributed by atoms with Crippen LogP contribution in [0.3, 0.4) is 0 Å². The highest BCUT2D eigenvalue weighted by Crippen LogP contribution is 2.43. The van der Waals surface area contributed by atoms with Crippen LogP contribution in [-0.4, -0.2) is 73.6 Å². The first-order valence-electron chi connectivity index (χ1n) is 11.0. The molecule has 3 heterocycles. The van der Waals surface area contributed by atoms with Crippen molar-refractivity contribution in [2.45, 2.75) is 56.7 Å². The summed E-state index contributed by atoms with van der Waals surface area (Å²) in [5.74, 6) is 1.50. The van der Waals surface area contributed by atoms with Gasteiger partial charge in [-0.25, -0.2) is 8.42 Å². The fourth-order valence-corrected chi connectivity index (χ4v) is 7.06. The fourth-order valence-electron chi connectivity index (χ4n) is 5.93. The Morgan fingerprint density at radius 1 is 0.964 bits per heavy atom. The molecule has 2 atom stereocenters. The van der Waals surface area contributed by atoms with Crippen LogP contribution in [0.25, 0.3) is 0 Å². The highest BCUT2D eigenvalue weighted by atomic mass is 32.2. The molecule has 4 fully saturated rings. The monoisotopic (exact) mass is 403 g/mol. The van der Waals surface area contributed by atoms with Crippen molar-refractivity contribution < 1.29 is 8.42 Å². The number of piperazine rings is 1. The number of nitrogens with zero attached hydrogens (tertiary/aromatic N) is 3. The van der Waals surface area contributed by atoms with Crippen molar-refractivity contribution in [2.24, 2.45) is 5.92 Å². The summed E-state index contributed by atoms with van der Waals surface area (Å²) in [5.41, 5.74) is 2.96. The van der Waals surface area contributed by atoms with Crippen LogP contribution < -0.4 is 0 Å².